The smallest absolute Gasteiger partial charge is 0.399 e. The monoisotopic (exact) mass is 545 g/mol. The van der Waals surface area contributed by atoms with E-state index in [2.05, 4.69) is 4.98 Å². The Morgan fingerprint density at radius 1 is 0.949 bits per heavy atom. The van der Waals surface area contributed by atoms with Gasteiger partial charge in [-0.3, -0.25) is 4.79 Å². The van der Waals surface area contributed by atoms with Crippen molar-refractivity contribution >= 4 is 39.5 Å². The molecular weight excluding hydrogens is 513 g/mol. The first-order valence-electron chi connectivity index (χ1n) is 12.7. The summed E-state index contributed by atoms with van der Waals surface area (Å²) < 4.78 is 41.2. The van der Waals surface area contributed by atoms with E-state index in [0.29, 0.717) is 27.6 Å². The number of fused-ring (bicyclic) bond motifs is 1. The van der Waals surface area contributed by atoms with Crippen LogP contribution in [-0.2, 0) is 19.3 Å². The molecule has 1 saturated heterocycles. The average molecular weight is 545 g/mol. The molecule has 3 heterocycles. The normalized spacial score (nSPS) is 16.5. The first-order chi connectivity index (χ1) is 18.2. The van der Waals surface area contributed by atoms with E-state index in [1.807, 2.05) is 52.8 Å². The quantitative estimate of drug-likeness (QED) is 0.349. The van der Waals surface area contributed by atoms with Gasteiger partial charge in [0.1, 0.15) is 0 Å². The molecule has 2 aromatic heterocycles. The van der Waals surface area contributed by atoms with E-state index in [-0.39, 0.29) is 10.8 Å². The molecule has 0 unspecified atom stereocenters. The molecule has 0 aliphatic carbocycles. The Labute approximate surface area is 229 Å². The Morgan fingerprint density at radius 2 is 1.54 bits per heavy atom. The number of amides is 1. The van der Waals surface area contributed by atoms with Gasteiger partial charge in [0.05, 0.1) is 16.1 Å². The minimum Gasteiger partial charge on any atom is -0.399 e. The molecule has 1 fully saturated rings. The highest BCUT2D eigenvalue weighted by Crippen LogP contribution is 2.37. The molecule has 4 aromatic rings. The van der Waals surface area contributed by atoms with Crippen molar-refractivity contribution in [2.24, 2.45) is 0 Å². The van der Waals surface area contributed by atoms with E-state index in [9.17, 15) is 13.2 Å². The van der Waals surface area contributed by atoms with Crippen LogP contribution in [0, 0.1) is 6.92 Å². The fourth-order valence-corrected chi connectivity index (χ4v) is 5.82. The van der Waals surface area contributed by atoms with Gasteiger partial charge in [-0.25, -0.2) is 17.4 Å². The summed E-state index contributed by atoms with van der Waals surface area (Å²) in [4.78, 5) is 18.7. The summed E-state index contributed by atoms with van der Waals surface area (Å²) in [7, 11) is -1.20. The molecule has 1 aliphatic rings. The number of aryl methyl sites for hydroxylation is 1. The number of pyridine rings is 1. The third kappa shape index (κ3) is 4.66. The molecule has 10 heteroatoms. The van der Waals surface area contributed by atoms with Crippen LogP contribution in [0.1, 0.15) is 43.6 Å². The van der Waals surface area contributed by atoms with Gasteiger partial charge in [0.2, 0.25) is 0 Å². The summed E-state index contributed by atoms with van der Waals surface area (Å²) in [5.74, 6) is -0.115. The van der Waals surface area contributed by atoms with Crippen LogP contribution in [0.15, 0.2) is 71.9 Å². The van der Waals surface area contributed by atoms with Crippen molar-refractivity contribution in [3.63, 3.8) is 0 Å². The number of aromatic nitrogens is 2. The number of nitrogens with zero attached hydrogens (tertiary/aromatic N) is 3. The van der Waals surface area contributed by atoms with Crippen molar-refractivity contribution in [1.82, 2.24) is 13.9 Å². The van der Waals surface area contributed by atoms with Crippen LogP contribution in [0.2, 0.25) is 0 Å². The van der Waals surface area contributed by atoms with Crippen molar-refractivity contribution in [2.45, 2.75) is 50.7 Å². The molecule has 0 saturated carbocycles. The number of rotatable bonds is 5. The SMILES string of the molecule is Cc1ccc(S(=O)(=O)n2cc(-c3ccc(C(=O)N(C)C)cc3)c3cc(B4OC(C)(C)C(C)(C)O4)cnc32)cc1. The summed E-state index contributed by atoms with van der Waals surface area (Å²) in [6.07, 6.45) is 3.19. The highest BCUT2D eigenvalue weighted by atomic mass is 32.2. The lowest BCUT2D eigenvalue weighted by atomic mass is 9.79. The van der Waals surface area contributed by atoms with E-state index in [1.165, 1.54) is 8.87 Å². The predicted octanol–water partition coefficient (Wildman–Crippen LogP) is 4.25. The molecule has 0 atom stereocenters. The lowest BCUT2D eigenvalue weighted by molar-refractivity contribution is 0.00578. The Morgan fingerprint density at radius 3 is 2.10 bits per heavy atom. The second-order valence-corrected chi connectivity index (χ2v) is 13.0. The highest BCUT2D eigenvalue weighted by Gasteiger charge is 2.52. The zero-order chi connectivity index (χ0) is 28.3. The fourth-order valence-electron chi connectivity index (χ4n) is 4.49. The first-order valence-corrected chi connectivity index (χ1v) is 14.2. The highest BCUT2D eigenvalue weighted by molar-refractivity contribution is 7.90. The molecule has 1 aliphatic heterocycles. The molecule has 39 heavy (non-hydrogen) atoms. The van der Waals surface area contributed by atoms with Gasteiger partial charge in [-0.2, -0.15) is 0 Å². The molecule has 5 rings (SSSR count). The van der Waals surface area contributed by atoms with Gasteiger partial charge < -0.3 is 14.2 Å². The molecule has 0 radical (unpaired) electrons. The predicted molar refractivity (Wildman–Crippen MR) is 153 cm³/mol. The van der Waals surface area contributed by atoms with Crippen molar-refractivity contribution in [1.29, 1.82) is 0 Å². The third-order valence-electron chi connectivity index (χ3n) is 7.59. The lowest BCUT2D eigenvalue weighted by Crippen LogP contribution is -2.41. The van der Waals surface area contributed by atoms with Gasteiger partial charge in [-0.05, 0) is 70.5 Å². The minimum absolute atomic E-state index is 0.115. The average Bonchev–Trinajstić information content (AvgIpc) is 3.37. The zero-order valence-electron chi connectivity index (χ0n) is 23.2. The van der Waals surface area contributed by atoms with Crippen LogP contribution in [-0.4, -0.2) is 60.6 Å². The molecule has 0 N–H and O–H groups in total. The molecule has 2 aromatic carbocycles. The Bertz CT molecular complexity index is 1660. The summed E-state index contributed by atoms with van der Waals surface area (Å²) in [6, 6.07) is 15.7. The zero-order valence-corrected chi connectivity index (χ0v) is 24.0. The van der Waals surface area contributed by atoms with E-state index in [4.69, 9.17) is 9.31 Å². The van der Waals surface area contributed by atoms with E-state index >= 15 is 0 Å². The Kier molecular flexibility index (Phi) is 6.48. The van der Waals surface area contributed by atoms with Gasteiger partial charge in [-0.15, -0.1) is 0 Å². The first kappa shape index (κ1) is 27.1. The maximum atomic E-state index is 13.8. The third-order valence-corrected chi connectivity index (χ3v) is 9.25. The topological polar surface area (TPSA) is 90.7 Å². The summed E-state index contributed by atoms with van der Waals surface area (Å²) in [5.41, 5.74) is 2.82. The number of hydrogen-bond donors (Lipinski definition) is 0. The molecular formula is C29H32BN3O5S. The molecule has 8 nitrogen and oxygen atoms in total. The summed E-state index contributed by atoms with van der Waals surface area (Å²) >= 11 is 0. The number of benzene rings is 2. The standard InChI is InChI=1S/C29H32BN3O5S/c1-19-8-14-23(15-9-19)39(35,36)33-18-25(20-10-12-21(13-11-20)27(34)32(6)7)24-16-22(17-31-26(24)33)30-37-28(2,3)29(4,5)38-30/h8-18H,1-7H3. The van der Waals surface area contributed by atoms with E-state index in [1.54, 1.807) is 62.9 Å². The van der Waals surface area contributed by atoms with Gasteiger partial charge in [0.15, 0.2) is 5.65 Å². The van der Waals surface area contributed by atoms with Gasteiger partial charge >= 0.3 is 7.12 Å². The van der Waals surface area contributed by atoms with Crippen molar-refractivity contribution < 1.29 is 22.5 Å². The van der Waals surface area contributed by atoms with Crippen molar-refractivity contribution in [3.8, 4) is 11.1 Å². The van der Waals surface area contributed by atoms with Crippen molar-refractivity contribution in [2.75, 3.05) is 14.1 Å². The largest absolute Gasteiger partial charge is 0.496 e. The number of carbonyl (C=O) groups excluding carboxylic acids is 1. The maximum Gasteiger partial charge on any atom is 0.496 e. The van der Waals surface area contributed by atoms with Crippen LogP contribution in [0.5, 0.6) is 0 Å². The van der Waals surface area contributed by atoms with Gasteiger partial charge in [-0.1, -0.05) is 29.8 Å². The second-order valence-electron chi connectivity index (χ2n) is 11.2. The Balaban J connectivity index is 1.68. The van der Waals surface area contributed by atoms with E-state index < -0.39 is 28.3 Å². The second kappa shape index (κ2) is 9.33. The van der Waals surface area contributed by atoms with Crippen molar-refractivity contribution in [3.05, 3.63) is 78.1 Å². The fraction of sp³-hybridized carbons (Fsp3) is 0.310. The van der Waals surface area contributed by atoms with Gasteiger partial charge in [0.25, 0.3) is 15.9 Å². The molecule has 0 spiro atoms. The number of carbonyl (C=O) groups is 1. The lowest BCUT2D eigenvalue weighted by Gasteiger charge is -2.32. The molecule has 1 amide bonds. The number of hydrogen-bond acceptors (Lipinski definition) is 6. The van der Waals surface area contributed by atoms with Crippen LogP contribution < -0.4 is 5.46 Å². The summed E-state index contributed by atoms with van der Waals surface area (Å²) in [5, 5.41) is 0.629. The van der Waals surface area contributed by atoms with Crippen LogP contribution in [0.3, 0.4) is 0 Å². The van der Waals surface area contributed by atoms with Crippen LogP contribution in [0.25, 0.3) is 22.2 Å². The van der Waals surface area contributed by atoms with Crippen LogP contribution >= 0.6 is 0 Å². The molecule has 202 valence electrons. The van der Waals surface area contributed by atoms with E-state index in [0.717, 1.165) is 11.1 Å². The minimum atomic E-state index is -3.94. The Hall–Kier alpha value is -3.47. The van der Waals surface area contributed by atoms with Crippen LogP contribution in [0.4, 0.5) is 0 Å². The maximum absolute atomic E-state index is 13.8. The molecule has 0 bridgehead atoms. The summed E-state index contributed by atoms with van der Waals surface area (Å²) in [6.45, 7) is 9.82. The van der Waals surface area contributed by atoms with Gasteiger partial charge in [0, 0.05) is 48.5 Å².